The van der Waals surface area contributed by atoms with E-state index in [0.29, 0.717) is 24.0 Å². The van der Waals surface area contributed by atoms with E-state index in [4.69, 9.17) is 15.0 Å². The van der Waals surface area contributed by atoms with Gasteiger partial charge in [-0.1, -0.05) is 46.3 Å². The molecule has 0 N–H and O–H groups in total. The number of imidazole rings is 1. The molecule has 0 amide bonds. The first-order valence-electron chi connectivity index (χ1n) is 11.5. The van der Waals surface area contributed by atoms with Crippen LogP contribution in [0, 0.1) is 23.0 Å². The first-order valence-corrected chi connectivity index (χ1v) is 12.3. The molecule has 0 saturated carbocycles. The number of allylic oxidation sites excluding steroid dienone is 3. The third-order valence-corrected chi connectivity index (χ3v) is 6.26. The number of fused-ring (bicyclic) bond motifs is 1. The van der Waals surface area contributed by atoms with Crippen LogP contribution in [0.15, 0.2) is 83.6 Å². The van der Waals surface area contributed by atoms with Crippen molar-refractivity contribution in [3.8, 4) is 6.07 Å². The van der Waals surface area contributed by atoms with Crippen molar-refractivity contribution in [3.05, 3.63) is 123 Å². The monoisotopic (exact) mass is 547 g/mol. The third-order valence-electron chi connectivity index (χ3n) is 5.77. The summed E-state index contributed by atoms with van der Waals surface area (Å²) in [5.74, 6) is 0.117. The molecule has 0 saturated heterocycles. The van der Waals surface area contributed by atoms with Crippen LogP contribution in [0.3, 0.4) is 0 Å². The van der Waals surface area contributed by atoms with Gasteiger partial charge in [-0.25, -0.2) is 13.8 Å². The minimum Gasteiger partial charge on any atom is -0.496 e. The number of benzene rings is 3. The minimum atomic E-state index is -0.469. The van der Waals surface area contributed by atoms with Gasteiger partial charge in [0.15, 0.2) is 0 Å². The maximum Gasteiger partial charge on any atom is 0.131 e. The molecule has 0 aliphatic heterocycles. The molecule has 0 unspecified atom stereocenters. The van der Waals surface area contributed by atoms with E-state index in [1.807, 2.05) is 42.5 Å². The summed E-state index contributed by atoms with van der Waals surface area (Å²) in [5.41, 5.74) is 4.04. The predicted molar refractivity (Wildman–Crippen MR) is 140 cm³/mol. The molecular weight excluding hydrogens is 524 g/mol. The molecule has 4 rings (SSSR count). The van der Waals surface area contributed by atoms with Gasteiger partial charge in [0.05, 0.1) is 28.9 Å². The Bertz CT molecular complexity index is 1480. The maximum absolute atomic E-state index is 14.9. The molecule has 36 heavy (non-hydrogen) atoms. The molecule has 1 heterocycles. The summed E-state index contributed by atoms with van der Waals surface area (Å²) in [6.07, 6.45) is 7.83. The molecule has 0 bridgehead atoms. The highest BCUT2D eigenvalue weighted by Crippen LogP contribution is 2.23. The molecule has 0 spiro atoms. The van der Waals surface area contributed by atoms with Crippen LogP contribution >= 0.6 is 15.9 Å². The SMILES string of the molecule is CCn1c(Cc2ccc(C/C=C\C=COCc3ccc(C#N)cc3F)cc2F)nc2ccc(Br)cc21. The van der Waals surface area contributed by atoms with Crippen LogP contribution in [0.2, 0.25) is 0 Å². The van der Waals surface area contributed by atoms with E-state index in [9.17, 15) is 8.78 Å². The van der Waals surface area contributed by atoms with Crippen LogP contribution < -0.4 is 0 Å². The average Bonchev–Trinajstić information content (AvgIpc) is 3.21. The molecule has 182 valence electrons. The van der Waals surface area contributed by atoms with Gasteiger partial charge in [-0.2, -0.15) is 5.26 Å². The summed E-state index contributed by atoms with van der Waals surface area (Å²) in [7, 11) is 0. The average molecular weight is 548 g/mol. The van der Waals surface area contributed by atoms with Crippen LogP contribution in [0.5, 0.6) is 0 Å². The fourth-order valence-electron chi connectivity index (χ4n) is 3.92. The highest BCUT2D eigenvalue weighted by atomic mass is 79.9. The summed E-state index contributed by atoms with van der Waals surface area (Å²) in [4.78, 5) is 4.71. The second kappa shape index (κ2) is 11.8. The molecule has 3 aromatic carbocycles. The Kier molecular flexibility index (Phi) is 8.29. The van der Waals surface area contributed by atoms with Crippen LogP contribution in [0.25, 0.3) is 11.0 Å². The lowest BCUT2D eigenvalue weighted by atomic mass is 10.1. The summed E-state index contributed by atoms with van der Waals surface area (Å²) in [6.45, 7) is 2.88. The first-order chi connectivity index (χ1) is 17.5. The number of nitriles is 1. The van der Waals surface area contributed by atoms with E-state index in [-0.39, 0.29) is 18.0 Å². The second-order valence-corrected chi connectivity index (χ2v) is 9.11. The molecule has 1 aromatic heterocycles. The van der Waals surface area contributed by atoms with Gasteiger partial charge in [-0.3, -0.25) is 0 Å². The lowest BCUT2D eigenvalue weighted by Crippen LogP contribution is -2.04. The van der Waals surface area contributed by atoms with Gasteiger partial charge in [0.2, 0.25) is 0 Å². The van der Waals surface area contributed by atoms with Gasteiger partial charge in [0, 0.05) is 23.0 Å². The topological polar surface area (TPSA) is 50.8 Å². The van der Waals surface area contributed by atoms with Crippen molar-refractivity contribution in [2.45, 2.75) is 32.9 Å². The molecule has 0 fully saturated rings. The largest absolute Gasteiger partial charge is 0.496 e. The highest BCUT2D eigenvalue weighted by molar-refractivity contribution is 9.10. The fourth-order valence-corrected chi connectivity index (χ4v) is 4.27. The van der Waals surface area contributed by atoms with Crippen molar-refractivity contribution in [3.63, 3.8) is 0 Å². The van der Waals surface area contributed by atoms with Crippen molar-refractivity contribution >= 4 is 27.0 Å². The van der Waals surface area contributed by atoms with Gasteiger partial charge in [-0.15, -0.1) is 0 Å². The number of ether oxygens (including phenoxy) is 1. The zero-order valence-electron chi connectivity index (χ0n) is 19.7. The van der Waals surface area contributed by atoms with Crippen molar-refractivity contribution < 1.29 is 13.5 Å². The van der Waals surface area contributed by atoms with Crippen molar-refractivity contribution in [2.24, 2.45) is 0 Å². The smallest absolute Gasteiger partial charge is 0.131 e. The number of hydrogen-bond donors (Lipinski definition) is 0. The first kappa shape index (κ1) is 25.3. The Hall–Kier alpha value is -3.76. The zero-order valence-corrected chi connectivity index (χ0v) is 21.3. The number of rotatable bonds is 9. The molecule has 4 aromatic rings. The van der Waals surface area contributed by atoms with E-state index >= 15 is 0 Å². The van der Waals surface area contributed by atoms with Gasteiger partial charge in [0.25, 0.3) is 0 Å². The number of halogens is 3. The summed E-state index contributed by atoms with van der Waals surface area (Å²) < 4.78 is 37.1. The quantitative estimate of drug-likeness (QED) is 0.162. The number of aryl methyl sites for hydroxylation is 1. The van der Waals surface area contributed by atoms with E-state index in [0.717, 1.165) is 33.4 Å². The molecule has 0 atom stereocenters. The van der Waals surface area contributed by atoms with Crippen LogP contribution in [0.1, 0.15) is 35.0 Å². The molecule has 0 aliphatic rings. The third kappa shape index (κ3) is 6.07. The van der Waals surface area contributed by atoms with Crippen LogP contribution in [-0.4, -0.2) is 9.55 Å². The number of hydrogen-bond acceptors (Lipinski definition) is 3. The van der Waals surface area contributed by atoms with Crippen LogP contribution in [-0.2, 0) is 30.7 Å². The van der Waals surface area contributed by atoms with Crippen molar-refractivity contribution in [2.75, 3.05) is 0 Å². The normalized spacial score (nSPS) is 11.5. The molecule has 0 aliphatic carbocycles. The van der Waals surface area contributed by atoms with E-state index in [2.05, 4.69) is 27.4 Å². The number of nitrogens with zero attached hydrogens (tertiary/aromatic N) is 3. The summed E-state index contributed by atoms with van der Waals surface area (Å²) in [6, 6.07) is 17.4. The van der Waals surface area contributed by atoms with Gasteiger partial charge in [-0.05, 0) is 66.9 Å². The highest BCUT2D eigenvalue weighted by Gasteiger charge is 2.13. The number of aromatic nitrogens is 2. The molecular formula is C29H24BrF2N3O. The molecule has 4 nitrogen and oxygen atoms in total. The Balaban J connectivity index is 1.32. The summed E-state index contributed by atoms with van der Waals surface area (Å²) in [5, 5.41) is 8.78. The van der Waals surface area contributed by atoms with Gasteiger partial charge < -0.3 is 9.30 Å². The lowest BCUT2D eigenvalue weighted by Gasteiger charge is -2.08. The standard InChI is InChI=1S/C29H24BrF2N3O/c1-2-35-28-17-24(30)11-12-27(28)34-29(35)16-22-9-7-20(14-25(22)31)6-4-3-5-13-36-19-23-10-8-21(18-33)15-26(23)32/h3-5,7-15,17H,2,6,16,19H2,1H3/b4-3-,13-5?. The zero-order chi connectivity index (χ0) is 25.5. The second-order valence-electron chi connectivity index (χ2n) is 8.20. The Morgan fingerprint density at radius 3 is 2.58 bits per heavy atom. The lowest BCUT2D eigenvalue weighted by molar-refractivity contribution is 0.232. The molecule has 0 radical (unpaired) electrons. The maximum atomic E-state index is 14.9. The fraction of sp³-hybridized carbons (Fsp3) is 0.172. The van der Waals surface area contributed by atoms with Crippen LogP contribution in [0.4, 0.5) is 8.78 Å². The Labute approximate surface area is 217 Å². The van der Waals surface area contributed by atoms with E-state index in [1.54, 1.807) is 24.3 Å². The Morgan fingerprint density at radius 1 is 1.03 bits per heavy atom. The molecule has 7 heteroatoms. The van der Waals surface area contributed by atoms with Crippen molar-refractivity contribution in [1.29, 1.82) is 5.26 Å². The predicted octanol–water partition coefficient (Wildman–Crippen LogP) is 7.39. The van der Waals surface area contributed by atoms with Gasteiger partial charge >= 0.3 is 0 Å². The van der Waals surface area contributed by atoms with E-state index in [1.165, 1.54) is 18.4 Å². The summed E-state index contributed by atoms with van der Waals surface area (Å²) >= 11 is 3.51. The van der Waals surface area contributed by atoms with E-state index < -0.39 is 5.82 Å². The van der Waals surface area contributed by atoms with Gasteiger partial charge in [0.1, 0.15) is 24.1 Å². The Morgan fingerprint density at radius 2 is 1.83 bits per heavy atom. The minimum absolute atomic E-state index is 0.0671. The van der Waals surface area contributed by atoms with Crippen molar-refractivity contribution in [1.82, 2.24) is 9.55 Å².